The Morgan fingerprint density at radius 3 is 2.52 bits per heavy atom. The predicted molar refractivity (Wildman–Crippen MR) is 78.0 cm³/mol. The highest BCUT2D eigenvalue weighted by Gasteiger charge is 2.13. The molecule has 1 aromatic heterocycles. The zero-order chi connectivity index (χ0) is 15.6. The van der Waals surface area contributed by atoms with Gasteiger partial charge in [-0.15, -0.1) is 0 Å². The third kappa shape index (κ3) is 2.84. The molecule has 1 heterocycles. The number of carbonyl (C=O) groups is 1. The SMILES string of the molecule is Cc1ccc(-c2ccc(C#N)c(=O)n2CC(=O)O)cc1C. The average Bonchev–Trinajstić information content (AvgIpc) is 2.44. The molecule has 0 bridgehead atoms. The van der Waals surface area contributed by atoms with Gasteiger partial charge < -0.3 is 5.11 Å². The smallest absolute Gasteiger partial charge is 0.323 e. The number of hydrogen-bond donors (Lipinski definition) is 1. The minimum absolute atomic E-state index is 0.0659. The molecule has 0 unspecified atom stereocenters. The van der Waals surface area contributed by atoms with Crippen molar-refractivity contribution in [2.75, 3.05) is 0 Å². The Morgan fingerprint density at radius 1 is 1.24 bits per heavy atom. The topological polar surface area (TPSA) is 83.1 Å². The van der Waals surface area contributed by atoms with Gasteiger partial charge in [0.1, 0.15) is 18.2 Å². The molecule has 0 spiro atoms. The summed E-state index contributed by atoms with van der Waals surface area (Å²) in [6.07, 6.45) is 0. The van der Waals surface area contributed by atoms with E-state index in [0.29, 0.717) is 5.69 Å². The van der Waals surface area contributed by atoms with Gasteiger partial charge in [-0.05, 0) is 48.7 Å². The summed E-state index contributed by atoms with van der Waals surface area (Å²) in [5.74, 6) is -1.13. The van der Waals surface area contributed by atoms with Crippen molar-refractivity contribution in [1.29, 1.82) is 5.26 Å². The van der Waals surface area contributed by atoms with Gasteiger partial charge in [0.15, 0.2) is 0 Å². The Bertz CT molecular complexity index is 813. The number of carboxylic acid groups (broad SMARTS) is 1. The van der Waals surface area contributed by atoms with Crippen LogP contribution in [0.2, 0.25) is 0 Å². The minimum atomic E-state index is -1.13. The van der Waals surface area contributed by atoms with Crippen LogP contribution >= 0.6 is 0 Å². The molecule has 0 saturated carbocycles. The summed E-state index contributed by atoms with van der Waals surface area (Å²) in [7, 11) is 0. The summed E-state index contributed by atoms with van der Waals surface area (Å²) >= 11 is 0. The molecule has 106 valence electrons. The average molecular weight is 282 g/mol. The van der Waals surface area contributed by atoms with Gasteiger partial charge in [0.05, 0.1) is 5.69 Å². The van der Waals surface area contributed by atoms with Crippen LogP contribution in [0.3, 0.4) is 0 Å². The molecule has 0 aliphatic heterocycles. The van der Waals surface area contributed by atoms with Gasteiger partial charge in [-0.25, -0.2) is 0 Å². The van der Waals surface area contributed by atoms with Crippen molar-refractivity contribution in [3.63, 3.8) is 0 Å². The molecule has 0 fully saturated rings. The first kappa shape index (κ1) is 14.5. The van der Waals surface area contributed by atoms with E-state index in [9.17, 15) is 9.59 Å². The van der Waals surface area contributed by atoms with Crippen LogP contribution in [0.25, 0.3) is 11.3 Å². The van der Waals surface area contributed by atoms with E-state index in [2.05, 4.69) is 0 Å². The molecule has 0 amide bonds. The van der Waals surface area contributed by atoms with Crippen molar-refractivity contribution in [3.05, 3.63) is 57.4 Å². The van der Waals surface area contributed by atoms with Crippen LogP contribution in [0.5, 0.6) is 0 Å². The Labute approximate surface area is 121 Å². The fourth-order valence-electron chi connectivity index (χ4n) is 2.11. The number of pyridine rings is 1. The third-order valence-electron chi connectivity index (χ3n) is 3.39. The lowest BCUT2D eigenvalue weighted by atomic mass is 10.0. The molecule has 0 atom stereocenters. The predicted octanol–water partition coefficient (Wildman–Crippen LogP) is 2.09. The molecule has 1 aromatic carbocycles. The van der Waals surface area contributed by atoms with Gasteiger partial charge in [-0.1, -0.05) is 12.1 Å². The van der Waals surface area contributed by atoms with Crippen LogP contribution in [-0.4, -0.2) is 15.6 Å². The Hall–Kier alpha value is -2.87. The second kappa shape index (κ2) is 5.63. The maximum atomic E-state index is 12.2. The standard InChI is InChI=1S/C16H14N2O3/c1-10-3-4-12(7-11(10)2)14-6-5-13(8-17)16(21)18(14)9-15(19)20/h3-7H,9H2,1-2H3,(H,19,20). The number of nitrogens with zero attached hydrogens (tertiary/aromatic N) is 2. The zero-order valence-electron chi connectivity index (χ0n) is 11.8. The molecule has 0 saturated heterocycles. The van der Waals surface area contributed by atoms with E-state index < -0.39 is 18.1 Å². The minimum Gasteiger partial charge on any atom is -0.480 e. The first-order valence-corrected chi connectivity index (χ1v) is 6.37. The summed E-state index contributed by atoms with van der Waals surface area (Å²) in [6, 6.07) is 10.5. The summed E-state index contributed by atoms with van der Waals surface area (Å²) in [4.78, 5) is 23.1. The second-order valence-corrected chi connectivity index (χ2v) is 4.83. The van der Waals surface area contributed by atoms with Crippen LogP contribution in [0.15, 0.2) is 35.1 Å². The Morgan fingerprint density at radius 2 is 1.95 bits per heavy atom. The zero-order valence-corrected chi connectivity index (χ0v) is 11.8. The van der Waals surface area contributed by atoms with Crippen LogP contribution in [-0.2, 0) is 11.3 Å². The molecule has 0 aliphatic carbocycles. The maximum Gasteiger partial charge on any atom is 0.323 e. The number of rotatable bonds is 3. The van der Waals surface area contributed by atoms with Crippen LogP contribution < -0.4 is 5.56 Å². The summed E-state index contributed by atoms with van der Waals surface area (Å²) in [5, 5.41) is 17.9. The fraction of sp³-hybridized carbons (Fsp3) is 0.188. The van der Waals surface area contributed by atoms with Crippen molar-refractivity contribution >= 4 is 5.97 Å². The number of benzene rings is 1. The number of aromatic nitrogens is 1. The lowest BCUT2D eigenvalue weighted by Crippen LogP contribution is -2.27. The first-order valence-electron chi connectivity index (χ1n) is 6.37. The number of aryl methyl sites for hydroxylation is 2. The van der Waals surface area contributed by atoms with Gasteiger partial charge in [-0.2, -0.15) is 5.26 Å². The molecule has 0 aliphatic rings. The van der Waals surface area contributed by atoms with Crippen molar-refractivity contribution in [3.8, 4) is 17.3 Å². The monoisotopic (exact) mass is 282 g/mol. The van der Waals surface area contributed by atoms with Gasteiger partial charge in [0, 0.05) is 0 Å². The Kier molecular flexibility index (Phi) is 3.90. The largest absolute Gasteiger partial charge is 0.480 e. The molecule has 21 heavy (non-hydrogen) atoms. The van der Waals surface area contributed by atoms with Crippen LogP contribution in [0.4, 0.5) is 0 Å². The highest BCUT2D eigenvalue weighted by molar-refractivity contribution is 5.69. The number of carboxylic acids is 1. The molecular weight excluding hydrogens is 268 g/mol. The van der Waals surface area contributed by atoms with Gasteiger partial charge in [-0.3, -0.25) is 14.2 Å². The normalized spacial score (nSPS) is 10.1. The van der Waals surface area contributed by atoms with Gasteiger partial charge >= 0.3 is 5.97 Å². The summed E-state index contributed by atoms with van der Waals surface area (Å²) in [5.41, 5.74) is 2.75. The molecule has 0 radical (unpaired) electrons. The van der Waals surface area contributed by atoms with E-state index in [1.54, 1.807) is 12.1 Å². The molecule has 2 rings (SSSR count). The second-order valence-electron chi connectivity index (χ2n) is 4.83. The van der Waals surface area contributed by atoms with Crippen molar-refractivity contribution in [2.45, 2.75) is 20.4 Å². The molecule has 2 aromatic rings. The Balaban J connectivity index is 2.70. The van der Waals surface area contributed by atoms with E-state index in [0.717, 1.165) is 21.3 Å². The van der Waals surface area contributed by atoms with E-state index in [1.807, 2.05) is 32.0 Å². The van der Waals surface area contributed by atoms with Gasteiger partial charge in [0.2, 0.25) is 0 Å². The third-order valence-corrected chi connectivity index (χ3v) is 3.39. The number of nitriles is 1. The molecular formula is C16H14N2O3. The van der Waals surface area contributed by atoms with E-state index in [-0.39, 0.29) is 5.56 Å². The van der Waals surface area contributed by atoms with Crippen molar-refractivity contribution in [1.82, 2.24) is 4.57 Å². The molecule has 5 heteroatoms. The van der Waals surface area contributed by atoms with Crippen molar-refractivity contribution in [2.24, 2.45) is 0 Å². The van der Waals surface area contributed by atoms with Crippen molar-refractivity contribution < 1.29 is 9.90 Å². The number of hydrogen-bond acceptors (Lipinski definition) is 3. The van der Waals surface area contributed by atoms with Gasteiger partial charge in [0.25, 0.3) is 5.56 Å². The lowest BCUT2D eigenvalue weighted by Gasteiger charge is -2.12. The quantitative estimate of drug-likeness (QED) is 0.934. The van der Waals surface area contributed by atoms with E-state index in [1.165, 1.54) is 6.07 Å². The fourth-order valence-corrected chi connectivity index (χ4v) is 2.11. The molecule has 1 N–H and O–H groups in total. The first-order chi connectivity index (χ1) is 9.93. The highest BCUT2D eigenvalue weighted by atomic mass is 16.4. The van der Waals surface area contributed by atoms with Crippen LogP contribution in [0.1, 0.15) is 16.7 Å². The summed E-state index contributed by atoms with van der Waals surface area (Å²) in [6.45, 7) is 3.45. The van der Waals surface area contributed by atoms with E-state index in [4.69, 9.17) is 10.4 Å². The lowest BCUT2D eigenvalue weighted by molar-refractivity contribution is -0.137. The maximum absolute atomic E-state index is 12.2. The highest BCUT2D eigenvalue weighted by Crippen LogP contribution is 2.21. The number of aliphatic carboxylic acids is 1. The molecule has 5 nitrogen and oxygen atoms in total. The summed E-state index contributed by atoms with van der Waals surface area (Å²) < 4.78 is 1.12. The van der Waals surface area contributed by atoms with Crippen LogP contribution in [0, 0.1) is 25.2 Å². The van der Waals surface area contributed by atoms with E-state index >= 15 is 0 Å².